The van der Waals surface area contributed by atoms with Gasteiger partial charge < -0.3 is 5.73 Å². The van der Waals surface area contributed by atoms with Crippen LogP contribution in [0.3, 0.4) is 0 Å². The summed E-state index contributed by atoms with van der Waals surface area (Å²) >= 11 is 12.5. The quantitative estimate of drug-likeness (QED) is 0.924. The molecule has 1 aliphatic rings. The molecule has 2 aromatic rings. The molecule has 2 N–H and O–H groups in total. The summed E-state index contributed by atoms with van der Waals surface area (Å²) in [5.41, 5.74) is 9.86. The Balaban J connectivity index is 1.90. The maximum atomic E-state index is 6.37. The maximum Gasteiger partial charge on any atom is 0.0640 e. The third-order valence-electron chi connectivity index (χ3n) is 4.16. The van der Waals surface area contributed by atoms with Gasteiger partial charge in [-0.25, -0.2) is 0 Å². The molecule has 0 saturated heterocycles. The van der Waals surface area contributed by atoms with Crippen LogP contribution < -0.4 is 5.73 Å². The monoisotopic (exact) mass is 320 g/mol. The summed E-state index contributed by atoms with van der Waals surface area (Å²) in [5, 5.41) is 1.21. The van der Waals surface area contributed by atoms with E-state index in [-0.39, 0.29) is 6.04 Å². The normalized spacial score (nSPS) is 16.5. The van der Waals surface area contributed by atoms with Crippen molar-refractivity contribution in [3.8, 4) is 0 Å². The number of hydrogen-bond acceptors (Lipinski definition) is 2. The lowest BCUT2D eigenvalue weighted by Gasteiger charge is -2.35. The first-order chi connectivity index (χ1) is 10.2. The van der Waals surface area contributed by atoms with Gasteiger partial charge in [0.15, 0.2) is 0 Å². The standard InChI is InChI=1S/C17H18Cl2N2/c18-15-7-3-6-14(17(15)19)16(10-20)21-9-8-12-4-1-2-5-13(12)11-21/h1-7,16H,8-11,20H2. The summed E-state index contributed by atoms with van der Waals surface area (Å²) in [6, 6.07) is 14.5. The predicted molar refractivity (Wildman–Crippen MR) is 88.8 cm³/mol. The Bertz CT molecular complexity index is 642. The number of halogens is 2. The van der Waals surface area contributed by atoms with Gasteiger partial charge in [-0.15, -0.1) is 0 Å². The van der Waals surface area contributed by atoms with E-state index in [1.54, 1.807) is 0 Å². The molecule has 2 nitrogen and oxygen atoms in total. The van der Waals surface area contributed by atoms with Gasteiger partial charge in [0.1, 0.15) is 0 Å². The number of hydrogen-bond donors (Lipinski definition) is 1. The van der Waals surface area contributed by atoms with Crippen LogP contribution in [0.4, 0.5) is 0 Å². The number of fused-ring (bicyclic) bond motifs is 1. The largest absolute Gasteiger partial charge is 0.329 e. The number of benzene rings is 2. The minimum atomic E-state index is 0.101. The van der Waals surface area contributed by atoms with Gasteiger partial charge in [0.05, 0.1) is 10.0 Å². The van der Waals surface area contributed by atoms with Crippen molar-refractivity contribution in [3.63, 3.8) is 0 Å². The van der Waals surface area contributed by atoms with Crippen LogP contribution in [0.15, 0.2) is 42.5 Å². The molecule has 0 radical (unpaired) electrons. The van der Waals surface area contributed by atoms with Crippen LogP contribution in [-0.4, -0.2) is 18.0 Å². The molecule has 0 saturated carbocycles. The number of nitrogens with zero attached hydrogens (tertiary/aromatic N) is 1. The van der Waals surface area contributed by atoms with Crippen molar-refractivity contribution in [1.82, 2.24) is 4.90 Å². The van der Waals surface area contributed by atoms with Gasteiger partial charge in [0.2, 0.25) is 0 Å². The lowest BCUT2D eigenvalue weighted by Crippen LogP contribution is -2.37. The van der Waals surface area contributed by atoms with Gasteiger partial charge in [0, 0.05) is 25.7 Å². The summed E-state index contributed by atoms with van der Waals surface area (Å²) in [6.45, 7) is 2.42. The molecule has 110 valence electrons. The van der Waals surface area contributed by atoms with Gasteiger partial charge in [0.25, 0.3) is 0 Å². The molecular formula is C17H18Cl2N2. The average Bonchev–Trinajstić information content (AvgIpc) is 2.52. The molecule has 1 aliphatic heterocycles. The second-order valence-corrected chi connectivity index (χ2v) is 6.17. The van der Waals surface area contributed by atoms with Gasteiger partial charge in [-0.05, 0) is 29.2 Å². The van der Waals surface area contributed by atoms with Gasteiger partial charge in [-0.2, -0.15) is 0 Å². The topological polar surface area (TPSA) is 29.3 Å². The SMILES string of the molecule is NCC(c1cccc(Cl)c1Cl)N1CCc2ccccc2C1. The number of nitrogens with two attached hydrogens (primary N) is 1. The van der Waals surface area contributed by atoms with Gasteiger partial charge in [-0.1, -0.05) is 59.6 Å². The maximum absolute atomic E-state index is 6.37. The fourth-order valence-corrected chi connectivity index (χ4v) is 3.47. The molecule has 0 fully saturated rings. The van der Waals surface area contributed by atoms with Crippen LogP contribution in [0.25, 0.3) is 0 Å². The number of rotatable bonds is 3. The van der Waals surface area contributed by atoms with E-state index >= 15 is 0 Å². The summed E-state index contributed by atoms with van der Waals surface area (Å²) in [5.74, 6) is 0. The van der Waals surface area contributed by atoms with Crippen molar-refractivity contribution in [2.45, 2.75) is 19.0 Å². The minimum absolute atomic E-state index is 0.101. The zero-order valence-electron chi connectivity index (χ0n) is 11.7. The van der Waals surface area contributed by atoms with Crippen molar-refractivity contribution in [2.24, 2.45) is 5.73 Å². The third-order valence-corrected chi connectivity index (χ3v) is 5.00. The van der Waals surface area contributed by atoms with E-state index in [1.807, 2.05) is 18.2 Å². The molecule has 21 heavy (non-hydrogen) atoms. The van der Waals surface area contributed by atoms with Crippen molar-refractivity contribution < 1.29 is 0 Å². The Labute approximate surface area is 135 Å². The molecule has 0 spiro atoms. The third kappa shape index (κ3) is 2.95. The fourth-order valence-electron chi connectivity index (χ4n) is 3.03. The zero-order valence-corrected chi connectivity index (χ0v) is 13.2. The smallest absolute Gasteiger partial charge is 0.0640 e. The molecule has 0 bridgehead atoms. The molecule has 1 unspecified atom stereocenters. The first kappa shape index (κ1) is 14.9. The summed E-state index contributed by atoms with van der Waals surface area (Å²) in [6.07, 6.45) is 1.05. The first-order valence-corrected chi connectivity index (χ1v) is 7.91. The van der Waals surface area contributed by atoms with Crippen molar-refractivity contribution in [2.75, 3.05) is 13.1 Å². The highest BCUT2D eigenvalue weighted by atomic mass is 35.5. The van der Waals surface area contributed by atoms with E-state index < -0.39 is 0 Å². The van der Waals surface area contributed by atoms with Crippen molar-refractivity contribution in [1.29, 1.82) is 0 Å². The second kappa shape index (κ2) is 6.37. The molecule has 1 heterocycles. The molecule has 0 aromatic heterocycles. The molecule has 4 heteroatoms. The van der Waals surface area contributed by atoms with Gasteiger partial charge in [-0.3, -0.25) is 4.90 Å². The van der Waals surface area contributed by atoms with Crippen LogP contribution in [0, 0.1) is 0 Å². The molecule has 2 aromatic carbocycles. The highest BCUT2D eigenvalue weighted by Gasteiger charge is 2.25. The van der Waals surface area contributed by atoms with Crippen molar-refractivity contribution in [3.05, 3.63) is 69.2 Å². The van der Waals surface area contributed by atoms with E-state index in [4.69, 9.17) is 28.9 Å². The van der Waals surface area contributed by atoms with E-state index in [9.17, 15) is 0 Å². The van der Waals surface area contributed by atoms with E-state index in [0.717, 1.165) is 25.1 Å². The van der Waals surface area contributed by atoms with Crippen LogP contribution in [0.2, 0.25) is 10.0 Å². The van der Waals surface area contributed by atoms with Crippen LogP contribution in [-0.2, 0) is 13.0 Å². The molecule has 1 atom stereocenters. The van der Waals surface area contributed by atoms with Crippen LogP contribution in [0.5, 0.6) is 0 Å². The molecular weight excluding hydrogens is 303 g/mol. The Morgan fingerprint density at radius 2 is 1.81 bits per heavy atom. The lowest BCUT2D eigenvalue weighted by atomic mass is 9.96. The summed E-state index contributed by atoms with van der Waals surface area (Å²) < 4.78 is 0. The van der Waals surface area contributed by atoms with E-state index in [0.29, 0.717) is 16.6 Å². The second-order valence-electron chi connectivity index (χ2n) is 5.38. The molecule has 0 aliphatic carbocycles. The molecule has 3 rings (SSSR count). The van der Waals surface area contributed by atoms with Gasteiger partial charge >= 0.3 is 0 Å². The summed E-state index contributed by atoms with van der Waals surface area (Å²) in [7, 11) is 0. The fraction of sp³-hybridized carbons (Fsp3) is 0.294. The van der Waals surface area contributed by atoms with E-state index in [2.05, 4.69) is 29.2 Å². The zero-order chi connectivity index (χ0) is 14.8. The predicted octanol–water partition coefficient (Wildman–Crippen LogP) is 4.05. The highest BCUT2D eigenvalue weighted by molar-refractivity contribution is 6.42. The first-order valence-electron chi connectivity index (χ1n) is 7.15. The summed E-state index contributed by atoms with van der Waals surface area (Å²) in [4.78, 5) is 2.39. The van der Waals surface area contributed by atoms with Crippen LogP contribution in [0.1, 0.15) is 22.7 Å². The van der Waals surface area contributed by atoms with Crippen molar-refractivity contribution >= 4 is 23.2 Å². The Morgan fingerprint density at radius 3 is 2.57 bits per heavy atom. The van der Waals surface area contributed by atoms with Crippen LogP contribution >= 0.6 is 23.2 Å². The molecule has 0 amide bonds. The Kier molecular flexibility index (Phi) is 4.51. The minimum Gasteiger partial charge on any atom is -0.329 e. The lowest BCUT2D eigenvalue weighted by molar-refractivity contribution is 0.184. The Hall–Kier alpha value is -1.06. The Morgan fingerprint density at radius 1 is 1.05 bits per heavy atom. The highest BCUT2D eigenvalue weighted by Crippen LogP contribution is 2.34. The van der Waals surface area contributed by atoms with E-state index in [1.165, 1.54) is 11.1 Å². The average molecular weight is 321 g/mol.